The summed E-state index contributed by atoms with van der Waals surface area (Å²) in [5.41, 5.74) is 2.81. The Hall–Kier alpha value is -1.69. The lowest BCUT2D eigenvalue weighted by molar-refractivity contribution is 0.591. The van der Waals surface area contributed by atoms with E-state index in [1.54, 1.807) is 19.1 Å². The average molecular weight is 251 g/mol. The Balaban J connectivity index is 2.67. The lowest BCUT2D eigenvalue weighted by Gasteiger charge is -2.10. The van der Waals surface area contributed by atoms with Crippen molar-refractivity contribution >= 4 is 9.84 Å². The van der Waals surface area contributed by atoms with Gasteiger partial charge in [-0.15, -0.1) is 5.10 Å². The fraction of sp³-hybridized carbons (Fsp3) is 0.273. The Labute approximate surface area is 99.8 Å². The summed E-state index contributed by atoms with van der Waals surface area (Å²) in [4.78, 5) is 0.287. The first-order chi connectivity index (χ1) is 7.94. The third-order valence-corrected chi connectivity index (χ3v) is 4.73. The van der Waals surface area contributed by atoms with Gasteiger partial charge in [-0.1, -0.05) is 6.07 Å². The highest BCUT2D eigenvalue weighted by molar-refractivity contribution is 7.91. The van der Waals surface area contributed by atoms with E-state index in [0.717, 1.165) is 16.7 Å². The van der Waals surface area contributed by atoms with E-state index in [1.165, 1.54) is 6.20 Å². The third kappa shape index (κ3) is 1.84. The topological polar surface area (TPSA) is 75.7 Å². The molecule has 0 spiro atoms. The lowest BCUT2D eigenvalue weighted by atomic mass is 10.1. The van der Waals surface area contributed by atoms with Gasteiger partial charge in [0.1, 0.15) is 0 Å². The molecule has 5 nitrogen and oxygen atoms in total. The van der Waals surface area contributed by atoms with Gasteiger partial charge in [-0.25, -0.2) is 8.42 Å². The Bertz CT molecular complexity index is 646. The van der Waals surface area contributed by atoms with Crippen LogP contribution in [0.15, 0.2) is 28.3 Å². The van der Waals surface area contributed by atoms with E-state index in [4.69, 9.17) is 0 Å². The number of nitrogens with one attached hydrogen (secondary N) is 1. The van der Waals surface area contributed by atoms with Crippen LogP contribution in [0.3, 0.4) is 0 Å². The molecular formula is C11H13N3O2S. The zero-order chi connectivity index (χ0) is 12.6. The van der Waals surface area contributed by atoms with E-state index < -0.39 is 9.84 Å². The van der Waals surface area contributed by atoms with Gasteiger partial charge in [-0.3, -0.25) is 0 Å². The van der Waals surface area contributed by atoms with E-state index >= 15 is 0 Å². The fourth-order valence-electron chi connectivity index (χ4n) is 1.66. The number of hydrogen-bond donors (Lipinski definition) is 1. The van der Waals surface area contributed by atoms with Crippen LogP contribution in [-0.2, 0) is 9.84 Å². The molecule has 0 radical (unpaired) electrons. The van der Waals surface area contributed by atoms with Crippen LogP contribution in [0.2, 0.25) is 0 Å². The highest BCUT2D eigenvalue weighted by Gasteiger charge is 2.23. The number of aromatic amines is 1. The van der Waals surface area contributed by atoms with Gasteiger partial charge in [0.2, 0.25) is 14.9 Å². The second-order valence-electron chi connectivity index (χ2n) is 3.94. The standard InChI is InChI=1S/C11H13N3O2S/c1-7-4-5-10(9(3)8(7)2)17(15,16)11-6-12-14-13-11/h4-6H,1-3H3,(H,12,13,14). The molecule has 0 saturated carbocycles. The molecule has 0 bridgehead atoms. The van der Waals surface area contributed by atoms with Gasteiger partial charge in [0.05, 0.1) is 11.1 Å². The summed E-state index contributed by atoms with van der Waals surface area (Å²) in [6.45, 7) is 5.66. The van der Waals surface area contributed by atoms with Crippen LogP contribution in [-0.4, -0.2) is 23.8 Å². The molecule has 0 saturated heterocycles. The summed E-state index contributed by atoms with van der Waals surface area (Å²) >= 11 is 0. The van der Waals surface area contributed by atoms with Crippen LogP contribution in [0.1, 0.15) is 16.7 Å². The molecule has 0 aliphatic heterocycles. The number of rotatable bonds is 2. The van der Waals surface area contributed by atoms with Crippen molar-refractivity contribution < 1.29 is 8.42 Å². The molecule has 0 amide bonds. The van der Waals surface area contributed by atoms with Crippen LogP contribution in [0.4, 0.5) is 0 Å². The normalized spacial score (nSPS) is 11.7. The maximum Gasteiger partial charge on any atom is 0.227 e. The number of nitrogens with zero attached hydrogens (tertiary/aromatic N) is 2. The van der Waals surface area contributed by atoms with Gasteiger partial charge in [0.15, 0.2) is 0 Å². The first kappa shape index (κ1) is 11.8. The Morgan fingerprint density at radius 3 is 2.41 bits per heavy atom. The molecule has 0 aliphatic carbocycles. The molecule has 0 unspecified atom stereocenters. The Morgan fingerprint density at radius 1 is 1.12 bits per heavy atom. The summed E-state index contributed by atoms with van der Waals surface area (Å²) in [7, 11) is -3.57. The van der Waals surface area contributed by atoms with Gasteiger partial charge in [-0.2, -0.15) is 10.3 Å². The minimum Gasteiger partial charge on any atom is -0.217 e. The van der Waals surface area contributed by atoms with Crippen LogP contribution in [0.25, 0.3) is 0 Å². The highest BCUT2D eigenvalue weighted by Crippen LogP contribution is 2.25. The minimum absolute atomic E-state index is 0.0520. The van der Waals surface area contributed by atoms with Crippen molar-refractivity contribution in [2.75, 3.05) is 0 Å². The molecule has 1 heterocycles. The zero-order valence-electron chi connectivity index (χ0n) is 9.85. The molecule has 0 atom stereocenters. The van der Waals surface area contributed by atoms with Crippen LogP contribution in [0.5, 0.6) is 0 Å². The number of hydrogen-bond acceptors (Lipinski definition) is 4. The summed E-state index contributed by atoms with van der Waals surface area (Å²) in [6, 6.07) is 3.41. The predicted molar refractivity (Wildman–Crippen MR) is 62.5 cm³/mol. The monoisotopic (exact) mass is 251 g/mol. The van der Waals surface area contributed by atoms with Crippen molar-refractivity contribution in [3.8, 4) is 0 Å². The van der Waals surface area contributed by atoms with Crippen molar-refractivity contribution in [3.05, 3.63) is 35.0 Å². The maximum atomic E-state index is 12.3. The number of H-pyrrole nitrogens is 1. The Morgan fingerprint density at radius 2 is 1.82 bits per heavy atom. The zero-order valence-corrected chi connectivity index (χ0v) is 10.7. The number of sulfone groups is 1. The SMILES string of the molecule is Cc1ccc(S(=O)(=O)c2cn[nH]n2)c(C)c1C. The van der Waals surface area contributed by atoms with Crippen LogP contribution >= 0.6 is 0 Å². The largest absolute Gasteiger partial charge is 0.227 e. The first-order valence-corrected chi connectivity index (χ1v) is 6.60. The summed E-state index contributed by atoms with van der Waals surface area (Å²) in [5.74, 6) is 0. The summed E-state index contributed by atoms with van der Waals surface area (Å²) in [6.07, 6.45) is 1.21. The first-order valence-electron chi connectivity index (χ1n) is 5.12. The molecule has 1 aromatic heterocycles. The molecule has 6 heteroatoms. The fourth-order valence-corrected chi connectivity index (χ4v) is 3.04. The Kier molecular flexibility index (Phi) is 2.74. The van der Waals surface area contributed by atoms with E-state index in [9.17, 15) is 8.42 Å². The molecule has 1 N–H and O–H groups in total. The third-order valence-electron chi connectivity index (χ3n) is 2.97. The molecule has 17 heavy (non-hydrogen) atoms. The minimum atomic E-state index is -3.57. The van der Waals surface area contributed by atoms with Crippen molar-refractivity contribution in [1.82, 2.24) is 15.4 Å². The molecule has 0 aliphatic rings. The maximum absolute atomic E-state index is 12.3. The molecule has 1 aromatic carbocycles. The molecule has 2 rings (SSSR count). The molecule has 90 valence electrons. The smallest absolute Gasteiger partial charge is 0.217 e. The predicted octanol–water partition coefficient (Wildman–Crippen LogP) is 1.56. The highest BCUT2D eigenvalue weighted by atomic mass is 32.2. The van der Waals surface area contributed by atoms with Crippen LogP contribution in [0, 0.1) is 20.8 Å². The summed E-state index contributed by atoms with van der Waals surface area (Å²) < 4.78 is 24.5. The van der Waals surface area contributed by atoms with Gasteiger partial charge < -0.3 is 0 Å². The second-order valence-corrected chi connectivity index (χ2v) is 5.81. The van der Waals surface area contributed by atoms with Gasteiger partial charge >= 0.3 is 0 Å². The van der Waals surface area contributed by atoms with Gasteiger partial charge in [0, 0.05) is 0 Å². The molecular weight excluding hydrogens is 238 g/mol. The number of aryl methyl sites for hydroxylation is 1. The van der Waals surface area contributed by atoms with E-state index in [1.807, 2.05) is 13.8 Å². The van der Waals surface area contributed by atoms with Crippen molar-refractivity contribution in [2.45, 2.75) is 30.7 Å². The molecule has 2 aromatic rings. The number of aromatic nitrogens is 3. The van der Waals surface area contributed by atoms with Crippen molar-refractivity contribution in [1.29, 1.82) is 0 Å². The van der Waals surface area contributed by atoms with E-state index in [0.29, 0.717) is 0 Å². The van der Waals surface area contributed by atoms with E-state index in [-0.39, 0.29) is 9.92 Å². The van der Waals surface area contributed by atoms with E-state index in [2.05, 4.69) is 15.4 Å². The lowest BCUT2D eigenvalue weighted by Crippen LogP contribution is -2.06. The van der Waals surface area contributed by atoms with Crippen molar-refractivity contribution in [2.24, 2.45) is 0 Å². The van der Waals surface area contributed by atoms with Gasteiger partial charge in [0.25, 0.3) is 0 Å². The van der Waals surface area contributed by atoms with Gasteiger partial charge in [-0.05, 0) is 43.5 Å². The van der Waals surface area contributed by atoms with Crippen LogP contribution < -0.4 is 0 Å². The van der Waals surface area contributed by atoms with Crippen molar-refractivity contribution in [3.63, 3.8) is 0 Å². The quantitative estimate of drug-likeness (QED) is 0.878. The number of benzene rings is 1. The summed E-state index contributed by atoms with van der Waals surface area (Å²) in [5, 5.41) is 9.42. The molecule has 0 fully saturated rings. The average Bonchev–Trinajstić information content (AvgIpc) is 2.79. The second kappa shape index (κ2) is 3.96.